The Hall–Kier alpha value is -1.78. The summed E-state index contributed by atoms with van der Waals surface area (Å²) in [4.78, 5) is 15.7. The molecule has 1 N–H and O–H groups in total. The molecule has 0 saturated carbocycles. The van der Waals surface area contributed by atoms with Gasteiger partial charge in [-0.2, -0.15) is 0 Å². The van der Waals surface area contributed by atoms with Gasteiger partial charge in [-0.1, -0.05) is 6.08 Å². The van der Waals surface area contributed by atoms with Gasteiger partial charge in [-0.3, -0.25) is 0 Å². The third kappa shape index (κ3) is 4.24. The number of ether oxygens (including phenoxy) is 1. The molecule has 0 unspecified atom stereocenters. The predicted molar refractivity (Wildman–Crippen MR) is 70.2 cm³/mol. The van der Waals surface area contributed by atoms with Crippen molar-refractivity contribution in [3.05, 3.63) is 30.9 Å². The summed E-state index contributed by atoms with van der Waals surface area (Å²) in [5, 5.41) is 2.78. The van der Waals surface area contributed by atoms with Crippen molar-refractivity contribution in [1.29, 1.82) is 0 Å². The molecule has 0 aliphatic rings. The summed E-state index contributed by atoms with van der Waals surface area (Å²) >= 11 is 0. The molecule has 18 heavy (non-hydrogen) atoms. The maximum Gasteiger partial charge on any atom is 0.408 e. The van der Waals surface area contributed by atoms with Crippen LogP contribution in [0.5, 0.6) is 0 Å². The summed E-state index contributed by atoms with van der Waals surface area (Å²) in [6.07, 6.45) is 4.79. The van der Waals surface area contributed by atoms with Crippen LogP contribution in [0.15, 0.2) is 25.2 Å². The Morgan fingerprint density at radius 1 is 1.67 bits per heavy atom. The van der Waals surface area contributed by atoms with Gasteiger partial charge in [0.2, 0.25) is 0 Å². The minimum Gasteiger partial charge on any atom is -0.444 e. The summed E-state index contributed by atoms with van der Waals surface area (Å²) in [5.74, 6) is 0. The number of amides is 1. The van der Waals surface area contributed by atoms with E-state index < -0.39 is 11.7 Å². The molecule has 0 aliphatic heterocycles. The lowest BCUT2D eigenvalue weighted by Crippen LogP contribution is -2.34. The highest BCUT2D eigenvalue weighted by Crippen LogP contribution is 2.13. The van der Waals surface area contributed by atoms with Crippen LogP contribution < -0.4 is 5.32 Å². The average molecular weight is 251 g/mol. The number of imidazole rings is 1. The zero-order chi connectivity index (χ0) is 13.8. The van der Waals surface area contributed by atoms with Crippen LogP contribution in [-0.4, -0.2) is 21.2 Å². The average Bonchev–Trinajstić information content (AvgIpc) is 2.63. The van der Waals surface area contributed by atoms with Gasteiger partial charge in [0.05, 0.1) is 24.3 Å². The SMILES string of the molecule is C=CCn1cncc1[C@@H](C)NC(=O)OC(C)(C)C. The van der Waals surface area contributed by atoms with Crippen molar-refractivity contribution in [1.82, 2.24) is 14.9 Å². The summed E-state index contributed by atoms with van der Waals surface area (Å²) in [5.41, 5.74) is 0.422. The molecule has 1 heterocycles. The Bertz CT molecular complexity index is 418. The third-order valence-electron chi connectivity index (χ3n) is 2.25. The highest BCUT2D eigenvalue weighted by Gasteiger charge is 2.19. The number of carbonyl (C=O) groups excluding carboxylic acids is 1. The molecule has 5 nitrogen and oxygen atoms in total. The van der Waals surface area contributed by atoms with Crippen molar-refractivity contribution in [2.24, 2.45) is 0 Å². The second kappa shape index (κ2) is 5.71. The number of hydrogen-bond acceptors (Lipinski definition) is 3. The number of alkyl carbamates (subject to hydrolysis) is 1. The fourth-order valence-corrected chi connectivity index (χ4v) is 1.54. The normalized spacial score (nSPS) is 12.9. The van der Waals surface area contributed by atoms with E-state index in [1.165, 1.54) is 0 Å². The molecule has 0 aromatic carbocycles. The molecule has 0 saturated heterocycles. The molecular formula is C13H21N3O2. The monoisotopic (exact) mass is 251 g/mol. The van der Waals surface area contributed by atoms with Crippen LogP contribution >= 0.6 is 0 Å². The first kappa shape index (κ1) is 14.3. The highest BCUT2D eigenvalue weighted by molar-refractivity contribution is 5.68. The molecular weight excluding hydrogens is 230 g/mol. The topological polar surface area (TPSA) is 56.2 Å². The molecule has 1 aromatic rings. The van der Waals surface area contributed by atoms with Gasteiger partial charge in [0.1, 0.15) is 5.60 Å². The van der Waals surface area contributed by atoms with E-state index in [4.69, 9.17) is 4.74 Å². The van der Waals surface area contributed by atoms with Crippen LogP contribution in [0.4, 0.5) is 4.79 Å². The molecule has 1 rings (SSSR count). The van der Waals surface area contributed by atoms with Crippen LogP contribution in [-0.2, 0) is 11.3 Å². The summed E-state index contributed by atoms with van der Waals surface area (Å²) < 4.78 is 7.13. The highest BCUT2D eigenvalue weighted by atomic mass is 16.6. The zero-order valence-corrected chi connectivity index (χ0v) is 11.4. The molecule has 0 spiro atoms. The minimum atomic E-state index is -0.495. The Morgan fingerprint density at radius 2 is 2.33 bits per heavy atom. The maximum atomic E-state index is 11.7. The lowest BCUT2D eigenvalue weighted by Gasteiger charge is -2.22. The van der Waals surface area contributed by atoms with E-state index in [2.05, 4.69) is 16.9 Å². The summed E-state index contributed by atoms with van der Waals surface area (Å²) in [6.45, 7) is 11.7. The number of aromatic nitrogens is 2. The molecule has 1 amide bonds. The van der Waals surface area contributed by atoms with Crippen LogP contribution in [0.1, 0.15) is 39.4 Å². The van der Waals surface area contributed by atoms with E-state index >= 15 is 0 Å². The van der Waals surface area contributed by atoms with Crippen molar-refractivity contribution in [2.75, 3.05) is 0 Å². The fourth-order valence-electron chi connectivity index (χ4n) is 1.54. The van der Waals surface area contributed by atoms with Crippen molar-refractivity contribution >= 4 is 6.09 Å². The number of allylic oxidation sites excluding steroid dienone is 1. The largest absolute Gasteiger partial charge is 0.444 e. The molecule has 100 valence electrons. The van der Waals surface area contributed by atoms with Crippen LogP contribution in [0, 0.1) is 0 Å². The van der Waals surface area contributed by atoms with Crippen molar-refractivity contribution < 1.29 is 9.53 Å². The zero-order valence-electron chi connectivity index (χ0n) is 11.4. The van der Waals surface area contributed by atoms with Gasteiger partial charge in [0, 0.05) is 6.54 Å². The number of nitrogens with zero attached hydrogens (tertiary/aromatic N) is 2. The van der Waals surface area contributed by atoms with Crippen LogP contribution in [0.3, 0.4) is 0 Å². The first-order chi connectivity index (χ1) is 8.33. The van der Waals surface area contributed by atoms with E-state index in [-0.39, 0.29) is 6.04 Å². The first-order valence-corrected chi connectivity index (χ1v) is 5.94. The second-order valence-corrected chi connectivity index (χ2v) is 5.13. The van der Waals surface area contributed by atoms with Crippen LogP contribution in [0.25, 0.3) is 0 Å². The molecule has 1 atom stereocenters. The van der Waals surface area contributed by atoms with Gasteiger partial charge < -0.3 is 14.6 Å². The standard InChI is InChI=1S/C13H21N3O2/c1-6-7-16-9-14-8-11(16)10(2)15-12(17)18-13(3,4)5/h6,8-10H,1,7H2,2-5H3,(H,15,17)/t10-/m1/s1. The lowest BCUT2D eigenvalue weighted by atomic mass is 10.2. The molecule has 0 aliphatic carbocycles. The Balaban J connectivity index is 2.64. The molecule has 1 aromatic heterocycles. The second-order valence-electron chi connectivity index (χ2n) is 5.13. The molecule has 5 heteroatoms. The van der Waals surface area contributed by atoms with E-state index in [0.717, 1.165) is 5.69 Å². The number of nitrogens with one attached hydrogen (secondary N) is 1. The first-order valence-electron chi connectivity index (χ1n) is 5.94. The van der Waals surface area contributed by atoms with Gasteiger partial charge in [-0.05, 0) is 27.7 Å². The Morgan fingerprint density at radius 3 is 2.89 bits per heavy atom. The van der Waals surface area contributed by atoms with Gasteiger partial charge >= 0.3 is 6.09 Å². The smallest absolute Gasteiger partial charge is 0.408 e. The van der Waals surface area contributed by atoms with Crippen molar-refractivity contribution in [2.45, 2.75) is 45.9 Å². The Labute approximate surface area is 108 Å². The van der Waals surface area contributed by atoms with E-state index in [0.29, 0.717) is 6.54 Å². The number of hydrogen-bond donors (Lipinski definition) is 1. The Kier molecular flexibility index (Phi) is 4.53. The van der Waals surface area contributed by atoms with Gasteiger partial charge in [-0.25, -0.2) is 9.78 Å². The maximum absolute atomic E-state index is 11.7. The number of carbonyl (C=O) groups is 1. The lowest BCUT2D eigenvalue weighted by molar-refractivity contribution is 0.0506. The van der Waals surface area contributed by atoms with Gasteiger partial charge in [-0.15, -0.1) is 6.58 Å². The van der Waals surface area contributed by atoms with E-state index in [1.54, 1.807) is 18.6 Å². The quantitative estimate of drug-likeness (QED) is 0.837. The summed E-state index contributed by atoms with van der Waals surface area (Å²) in [7, 11) is 0. The summed E-state index contributed by atoms with van der Waals surface area (Å²) in [6, 6.07) is -0.165. The van der Waals surface area contributed by atoms with E-state index in [1.807, 2.05) is 32.3 Å². The van der Waals surface area contributed by atoms with E-state index in [9.17, 15) is 4.79 Å². The van der Waals surface area contributed by atoms with Gasteiger partial charge in [0.25, 0.3) is 0 Å². The predicted octanol–water partition coefficient (Wildman–Crippen LogP) is 2.65. The molecule has 0 bridgehead atoms. The minimum absolute atomic E-state index is 0.165. The van der Waals surface area contributed by atoms with Gasteiger partial charge in [0.15, 0.2) is 0 Å². The van der Waals surface area contributed by atoms with Crippen LogP contribution in [0.2, 0.25) is 0 Å². The van der Waals surface area contributed by atoms with Crippen molar-refractivity contribution in [3.63, 3.8) is 0 Å². The fraction of sp³-hybridized carbons (Fsp3) is 0.538. The molecule has 0 radical (unpaired) electrons. The van der Waals surface area contributed by atoms with Crippen molar-refractivity contribution in [3.8, 4) is 0 Å². The molecule has 0 fully saturated rings. The third-order valence-corrected chi connectivity index (χ3v) is 2.25. The number of rotatable bonds is 4.